The van der Waals surface area contributed by atoms with Gasteiger partial charge in [0.05, 0.1) is 6.61 Å². The molecule has 1 aromatic carbocycles. The first-order chi connectivity index (χ1) is 10.5. The van der Waals surface area contributed by atoms with Gasteiger partial charge in [0.15, 0.2) is 0 Å². The van der Waals surface area contributed by atoms with Crippen molar-refractivity contribution in [3.63, 3.8) is 0 Å². The number of aromatic nitrogens is 2. The third-order valence-electron chi connectivity index (χ3n) is 2.89. The SMILES string of the molecule is CCOCc1ccc(CNc2nccc(C(F)(F)F)n2)cc1. The molecule has 2 aromatic rings. The first-order valence-electron chi connectivity index (χ1n) is 6.78. The first-order valence-corrected chi connectivity index (χ1v) is 6.78. The third kappa shape index (κ3) is 4.70. The Kier molecular flexibility index (Phi) is 5.32. The Balaban J connectivity index is 1.95. The molecule has 4 nitrogen and oxygen atoms in total. The second kappa shape index (κ2) is 7.22. The van der Waals surface area contributed by atoms with E-state index in [1.807, 2.05) is 31.2 Å². The standard InChI is InChI=1S/C15H16F3N3O/c1-2-22-10-12-5-3-11(4-6-12)9-20-14-19-8-7-13(21-14)15(16,17)18/h3-8H,2,9-10H2,1H3,(H,19,20,21). The van der Waals surface area contributed by atoms with Gasteiger partial charge in [-0.15, -0.1) is 0 Å². The van der Waals surface area contributed by atoms with E-state index in [1.165, 1.54) is 0 Å². The molecule has 22 heavy (non-hydrogen) atoms. The minimum atomic E-state index is -4.47. The Morgan fingerprint density at radius 2 is 1.77 bits per heavy atom. The molecule has 0 spiro atoms. The summed E-state index contributed by atoms with van der Waals surface area (Å²) in [5, 5.41) is 2.78. The predicted molar refractivity (Wildman–Crippen MR) is 76.1 cm³/mol. The van der Waals surface area contributed by atoms with Gasteiger partial charge in [0.2, 0.25) is 5.95 Å². The van der Waals surface area contributed by atoms with Crippen LogP contribution >= 0.6 is 0 Å². The second-order valence-corrected chi connectivity index (χ2v) is 4.57. The first kappa shape index (κ1) is 16.2. The topological polar surface area (TPSA) is 47.0 Å². The van der Waals surface area contributed by atoms with Gasteiger partial charge >= 0.3 is 6.18 Å². The summed E-state index contributed by atoms with van der Waals surface area (Å²) in [6.45, 7) is 3.46. The number of hydrogen-bond donors (Lipinski definition) is 1. The Hall–Kier alpha value is -2.15. The summed E-state index contributed by atoms with van der Waals surface area (Å²) >= 11 is 0. The molecule has 0 amide bonds. The summed E-state index contributed by atoms with van der Waals surface area (Å²) < 4.78 is 42.9. The molecule has 0 saturated carbocycles. The number of alkyl halides is 3. The molecular weight excluding hydrogens is 295 g/mol. The normalized spacial score (nSPS) is 11.5. The highest BCUT2D eigenvalue weighted by atomic mass is 19.4. The van der Waals surface area contributed by atoms with E-state index in [0.717, 1.165) is 23.4 Å². The van der Waals surface area contributed by atoms with Crippen molar-refractivity contribution < 1.29 is 17.9 Å². The van der Waals surface area contributed by atoms with Gasteiger partial charge in [0.1, 0.15) is 5.69 Å². The van der Waals surface area contributed by atoms with E-state index in [4.69, 9.17) is 4.74 Å². The fourth-order valence-corrected chi connectivity index (χ4v) is 1.76. The Morgan fingerprint density at radius 1 is 1.09 bits per heavy atom. The lowest BCUT2D eigenvalue weighted by Crippen LogP contribution is -2.11. The van der Waals surface area contributed by atoms with Gasteiger partial charge in [-0.2, -0.15) is 13.2 Å². The molecule has 2 rings (SSSR count). The van der Waals surface area contributed by atoms with E-state index in [1.54, 1.807) is 0 Å². The molecule has 1 N–H and O–H groups in total. The molecule has 0 aliphatic carbocycles. The molecule has 0 unspecified atom stereocenters. The monoisotopic (exact) mass is 311 g/mol. The van der Waals surface area contributed by atoms with Gasteiger partial charge in [0, 0.05) is 19.3 Å². The quantitative estimate of drug-likeness (QED) is 0.884. The summed E-state index contributed by atoms with van der Waals surface area (Å²) in [7, 11) is 0. The van der Waals surface area contributed by atoms with Crippen LogP contribution in [0.2, 0.25) is 0 Å². The van der Waals surface area contributed by atoms with Crippen molar-refractivity contribution in [3.8, 4) is 0 Å². The summed E-state index contributed by atoms with van der Waals surface area (Å²) in [5.41, 5.74) is 0.999. The van der Waals surface area contributed by atoms with Gasteiger partial charge in [-0.25, -0.2) is 9.97 Å². The minimum absolute atomic E-state index is 0.0479. The molecule has 0 saturated heterocycles. The van der Waals surface area contributed by atoms with E-state index in [9.17, 15) is 13.2 Å². The fourth-order valence-electron chi connectivity index (χ4n) is 1.76. The number of ether oxygens (including phenoxy) is 1. The van der Waals surface area contributed by atoms with Gasteiger partial charge in [0.25, 0.3) is 0 Å². The van der Waals surface area contributed by atoms with Crippen LogP contribution in [0.3, 0.4) is 0 Å². The summed E-state index contributed by atoms with van der Waals surface area (Å²) in [6, 6.07) is 8.44. The molecule has 1 heterocycles. The average Bonchev–Trinajstić information content (AvgIpc) is 2.51. The van der Waals surface area contributed by atoms with Crippen molar-refractivity contribution in [2.45, 2.75) is 26.3 Å². The maximum absolute atomic E-state index is 12.5. The van der Waals surface area contributed by atoms with Gasteiger partial charge in [-0.3, -0.25) is 0 Å². The van der Waals surface area contributed by atoms with Crippen LogP contribution < -0.4 is 5.32 Å². The molecule has 118 valence electrons. The van der Waals surface area contributed by atoms with Crippen molar-refractivity contribution in [1.29, 1.82) is 0 Å². The summed E-state index contributed by atoms with van der Waals surface area (Å²) in [6.07, 6.45) is -3.39. The van der Waals surface area contributed by atoms with Crippen molar-refractivity contribution in [3.05, 3.63) is 53.3 Å². The number of halogens is 3. The lowest BCUT2D eigenvalue weighted by Gasteiger charge is -2.09. The van der Waals surface area contributed by atoms with Crippen LogP contribution in [-0.4, -0.2) is 16.6 Å². The lowest BCUT2D eigenvalue weighted by atomic mass is 10.1. The van der Waals surface area contributed by atoms with E-state index < -0.39 is 11.9 Å². The Morgan fingerprint density at radius 3 is 2.41 bits per heavy atom. The molecule has 1 aromatic heterocycles. The van der Waals surface area contributed by atoms with Crippen LogP contribution in [0.4, 0.5) is 19.1 Å². The Bertz CT molecular complexity index is 600. The number of benzene rings is 1. The summed E-state index contributed by atoms with van der Waals surface area (Å²) in [5.74, 6) is -0.0479. The van der Waals surface area contributed by atoms with Crippen molar-refractivity contribution >= 4 is 5.95 Å². The maximum Gasteiger partial charge on any atom is 0.433 e. The predicted octanol–water partition coefficient (Wildman–Crippen LogP) is 3.64. The second-order valence-electron chi connectivity index (χ2n) is 4.57. The van der Waals surface area contributed by atoms with E-state index in [-0.39, 0.29) is 5.95 Å². The molecule has 7 heteroatoms. The zero-order chi connectivity index (χ0) is 16.0. The molecule has 0 atom stereocenters. The van der Waals surface area contributed by atoms with E-state index >= 15 is 0 Å². The highest BCUT2D eigenvalue weighted by Gasteiger charge is 2.32. The molecule has 0 fully saturated rings. The zero-order valence-electron chi connectivity index (χ0n) is 12.0. The highest BCUT2D eigenvalue weighted by molar-refractivity contribution is 5.30. The van der Waals surface area contributed by atoms with Gasteiger partial charge in [-0.1, -0.05) is 24.3 Å². The van der Waals surface area contributed by atoms with Crippen LogP contribution in [0.15, 0.2) is 36.5 Å². The highest BCUT2D eigenvalue weighted by Crippen LogP contribution is 2.27. The summed E-state index contributed by atoms with van der Waals surface area (Å²) in [4.78, 5) is 7.23. The molecular formula is C15H16F3N3O. The van der Waals surface area contributed by atoms with E-state index in [2.05, 4.69) is 15.3 Å². The smallest absolute Gasteiger partial charge is 0.377 e. The largest absolute Gasteiger partial charge is 0.433 e. The van der Waals surface area contributed by atoms with E-state index in [0.29, 0.717) is 19.8 Å². The number of nitrogens with zero attached hydrogens (tertiary/aromatic N) is 2. The van der Waals surface area contributed by atoms with Crippen LogP contribution in [0.5, 0.6) is 0 Å². The van der Waals surface area contributed by atoms with Gasteiger partial charge < -0.3 is 10.1 Å². The fraction of sp³-hybridized carbons (Fsp3) is 0.333. The molecule has 0 bridgehead atoms. The van der Waals surface area contributed by atoms with Crippen LogP contribution in [0.1, 0.15) is 23.7 Å². The van der Waals surface area contributed by atoms with Crippen LogP contribution in [0.25, 0.3) is 0 Å². The number of nitrogens with one attached hydrogen (secondary N) is 1. The Labute approximate surface area is 126 Å². The number of rotatable bonds is 6. The number of anilines is 1. The number of hydrogen-bond acceptors (Lipinski definition) is 4. The molecule has 0 aliphatic rings. The van der Waals surface area contributed by atoms with Gasteiger partial charge in [-0.05, 0) is 24.1 Å². The third-order valence-corrected chi connectivity index (χ3v) is 2.89. The van der Waals surface area contributed by atoms with Crippen LogP contribution in [-0.2, 0) is 24.1 Å². The maximum atomic E-state index is 12.5. The van der Waals surface area contributed by atoms with Crippen molar-refractivity contribution in [2.24, 2.45) is 0 Å². The lowest BCUT2D eigenvalue weighted by molar-refractivity contribution is -0.141. The van der Waals surface area contributed by atoms with Crippen LogP contribution in [0, 0.1) is 0 Å². The van der Waals surface area contributed by atoms with Crippen molar-refractivity contribution in [1.82, 2.24) is 9.97 Å². The molecule has 0 radical (unpaired) electrons. The average molecular weight is 311 g/mol. The minimum Gasteiger partial charge on any atom is -0.377 e. The zero-order valence-corrected chi connectivity index (χ0v) is 12.0. The molecule has 0 aliphatic heterocycles. The van der Waals surface area contributed by atoms with Crippen molar-refractivity contribution in [2.75, 3.05) is 11.9 Å².